The smallest absolute Gasteiger partial charge is 0.238 e. The molecule has 2 rings (SSSR count). The number of carbonyl (C=O) groups excluding carboxylic acids is 1. The topological polar surface area (TPSA) is 58.4 Å². The highest BCUT2D eigenvalue weighted by Gasteiger charge is 2.22. The Hall–Kier alpha value is -1.62. The van der Waals surface area contributed by atoms with Crippen LogP contribution < -0.4 is 11.1 Å². The summed E-state index contributed by atoms with van der Waals surface area (Å²) in [6.07, 6.45) is 2.26. The van der Waals surface area contributed by atoms with Crippen LogP contribution in [0.1, 0.15) is 26.7 Å². The fourth-order valence-corrected chi connectivity index (χ4v) is 2.81. The molecule has 1 heterocycles. The number of piperidine rings is 1. The molecule has 0 bridgehead atoms. The average Bonchev–Trinajstić information content (AvgIpc) is 2.43. The van der Waals surface area contributed by atoms with E-state index in [1.807, 2.05) is 0 Å². The number of rotatable bonds is 4. The molecule has 0 atom stereocenters. The molecule has 116 valence electrons. The summed E-state index contributed by atoms with van der Waals surface area (Å²) in [7, 11) is 0. The Morgan fingerprint density at radius 3 is 2.71 bits per heavy atom. The lowest BCUT2D eigenvalue weighted by molar-refractivity contribution is -0.117. The molecule has 1 aromatic carbocycles. The number of nitrogen functional groups attached to an aromatic ring is 1. The molecule has 1 aliphatic rings. The van der Waals surface area contributed by atoms with Gasteiger partial charge >= 0.3 is 0 Å². The Morgan fingerprint density at radius 1 is 1.43 bits per heavy atom. The summed E-state index contributed by atoms with van der Waals surface area (Å²) in [5.41, 5.74) is 6.45. The van der Waals surface area contributed by atoms with E-state index in [0.717, 1.165) is 31.8 Å². The first-order valence-corrected chi connectivity index (χ1v) is 7.53. The Bertz CT molecular complexity index is 496. The van der Waals surface area contributed by atoms with Crippen molar-refractivity contribution in [3.8, 4) is 0 Å². The minimum Gasteiger partial charge on any atom is -0.397 e. The van der Waals surface area contributed by atoms with Crippen LogP contribution in [0.15, 0.2) is 18.2 Å². The van der Waals surface area contributed by atoms with E-state index in [1.165, 1.54) is 18.2 Å². The highest BCUT2D eigenvalue weighted by atomic mass is 19.1. The zero-order chi connectivity index (χ0) is 15.4. The molecule has 0 unspecified atom stereocenters. The number of likely N-dealkylation sites (tertiary alicyclic amines) is 1. The lowest BCUT2D eigenvalue weighted by Crippen LogP contribution is -2.40. The van der Waals surface area contributed by atoms with Crippen molar-refractivity contribution in [2.75, 3.05) is 30.7 Å². The van der Waals surface area contributed by atoms with E-state index in [1.54, 1.807) is 0 Å². The predicted molar refractivity (Wildman–Crippen MR) is 83.4 cm³/mol. The second-order valence-electron chi connectivity index (χ2n) is 6.14. The molecule has 0 radical (unpaired) electrons. The van der Waals surface area contributed by atoms with Gasteiger partial charge in [0, 0.05) is 0 Å². The van der Waals surface area contributed by atoms with Crippen LogP contribution in [-0.2, 0) is 4.79 Å². The van der Waals surface area contributed by atoms with Gasteiger partial charge in [0.15, 0.2) is 0 Å². The zero-order valence-corrected chi connectivity index (χ0v) is 12.7. The minimum absolute atomic E-state index is 0.143. The van der Waals surface area contributed by atoms with Gasteiger partial charge < -0.3 is 11.1 Å². The van der Waals surface area contributed by atoms with E-state index < -0.39 is 5.82 Å². The lowest BCUT2D eigenvalue weighted by atomic mass is 9.87. The molecular weight excluding hydrogens is 269 g/mol. The molecule has 0 saturated carbocycles. The van der Waals surface area contributed by atoms with E-state index in [-0.39, 0.29) is 5.91 Å². The number of amides is 1. The third-order valence-electron chi connectivity index (χ3n) is 4.23. The second kappa shape index (κ2) is 6.89. The van der Waals surface area contributed by atoms with Crippen LogP contribution in [0.25, 0.3) is 0 Å². The summed E-state index contributed by atoms with van der Waals surface area (Å²) in [4.78, 5) is 14.2. The summed E-state index contributed by atoms with van der Waals surface area (Å²) < 4.78 is 13.2. The molecule has 0 spiro atoms. The summed E-state index contributed by atoms with van der Waals surface area (Å²) in [6, 6.07) is 3.99. The van der Waals surface area contributed by atoms with Crippen molar-refractivity contribution in [2.24, 2.45) is 11.8 Å². The Balaban J connectivity index is 1.84. The number of halogens is 1. The average molecular weight is 293 g/mol. The first-order chi connectivity index (χ1) is 9.95. The monoisotopic (exact) mass is 293 g/mol. The van der Waals surface area contributed by atoms with Crippen LogP contribution >= 0.6 is 0 Å². The van der Waals surface area contributed by atoms with E-state index in [0.29, 0.717) is 23.8 Å². The summed E-state index contributed by atoms with van der Waals surface area (Å²) in [5, 5.41) is 2.69. The van der Waals surface area contributed by atoms with Crippen molar-refractivity contribution >= 4 is 17.3 Å². The molecule has 3 N–H and O–H groups in total. The number of hydrogen-bond acceptors (Lipinski definition) is 3. The lowest BCUT2D eigenvalue weighted by Gasteiger charge is -2.33. The van der Waals surface area contributed by atoms with Crippen molar-refractivity contribution in [1.82, 2.24) is 4.90 Å². The Labute approximate surface area is 125 Å². The molecular formula is C16H24FN3O. The highest BCUT2D eigenvalue weighted by molar-refractivity contribution is 5.95. The molecule has 1 amide bonds. The molecule has 21 heavy (non-hydrogen) atoms. The molecule has 1 saturated heterocycles. The van der Waals surface area contributed by atoms with E-state index in [4.69, 9.17) is 5.73 Å². The zero-order valence-electron chi connectivity index (χ0n) is 12.7. The van der Waals surface area contributed by atoms with Gasteiger partial charge in [-0.1, -0.05) is 13.8 Å². The van der Waals surface area contributed by atoms with Crippen LogP contribution in [0.2, 0.25) is 0 Å². The van der Waals surface area contributed by atoms with E-state index in [2.05, 4.69) is 24.1 Å². The van der Waals surface area contributed by atoms with Crippen LogP contribution in [0, 0.1) is 17.7 Å². The molecule has 1 fully saturated rings. The standard InChI is InChI=1S/C16H24FN3O/c1-11(2)12-5-7-20(8-6-12)10-16(21)19-15-9-13(17)3-4-14(15)18/h3-4,9,11-12H,5-8,10,18H2,1-2H3,(H,19,21). The van der Waals surface area contributed by atoms with Gasteiger partial charge in [-0.05, 0) is 56.0 Å². The normalized spacial score (nSPS) is 17.1. The van der Waals surface area contributed by atoms with Crippen molar-refractivity contribution in [3.63, 3.8) is 0 Å². The molecule has 1 aromatic rings. The van der Waals surface area contributed by atoms with Gasteiger partial charge in [-0.15, -0.1) is 0 Å². The first-order valence-electron chi connectivity index (χ1n) is 7.53. The predicted octanol–water partition coefficient (Wildman–Crippen LogP) is 2.71. The number of nitrogens with two attached hydrogens (primary N) is 1. The highest BCUT2D eigenvalue weighted by Crippen LogP contribution is 2.24. The SMILES string of the molecule is CC(C)C1CCN(CC(=O)Nc2cc(F)ccc2N)CC1. The van der Waals surface area contributed by atoms with E-state index >= 15 is 0 Å². The number of nitrogens with zero attached hydrogens (tertiary/aromatic N) is 1. The number of nitrogens with one attached hydrogen (secondary N) is 1. The Morgan fingerprint density at radius 2 is 2.10 bits per heavy atom. The first kappa shape index (κ1) is 15.8. The second-order valence-corrected chi connectivity index (χ2v) is 6.14. The third-order valence-corrected chi connectivity index (χ3v) is 4.23. The fourth-order valence-electron chi connectivity index (χ4n) is 2.81. The molecule has 0 aromatic heterocycles. The largest absolute Gasteiger partial charge is 0.397 e. The summed E-state index contributed by atoms with van der Waals surface area (Å²) in [6.45, 7) is 6.71. The third kappa shape index (κ3) is 4.43. The summed E-state index contributed by atoms with van der Waals surface area (Å²) >= 11 is 0. The summed E-state index contributed by atoms with van der Waals surface area (Å²) in [5.74, 6) is 0.906. The van der Waals surface area contributed by atoms with Gasteiger partial charge in [-0.2, -0.15) is 0 Å². The van der Waals surface area contributed by atoms with Gasteiger partial charge in [-0.3, -0.25) is 9.69 Å². The van der Waals surface area contributed by atoms with Gasteiger partial charge in [0.2, 0.25) is 5.91 Å². The number of anilines is 2. The fraction of sp³-hybridized carbons (Fsp3) is 0.562. The van der Waals surface area contributed by atoms with Crippen molar-refractivity contribution in [3.05, 3.63) is 24.0 Å². The van der Waals surface area contributed by atoms with Crippen molar-refractivity contribution < 1.29 is 9.18 Å². The van der Waals surface area contributed by atoms with Crippen molar-refractivity contribution in [1.29, 1.82) is 0 Å². The van der Waals surface area contributed by atoms with Crippen LogP contribution in [0.4, 0.5) is 15.8 Å². The van der Waals surface area contributed by atoms with E-state index in [9.17, 15) is 9.18 Å². The van der Waals surface area contributed by atoms with Gasteiger partial charge in [0.1, 0.15) is 5.82 Å². The molecule has 0 aliphatic carbocycles. The molecule has 4 nitrogen and oxygen atoms in total. The number of carbonyl (C=O) groups is 1. The number of benzene rings is 1. The minimum atomic E-state index is -0.405. The maximum Gasteiger partial charge on any atom is 0.238 e. The molecule has 1 aliphatic heterocycles. The maximum atomic E-state index is 13.2. The Kier molecular flexibility index (Phi) is 5.17. The van der Waals surface area contributed by atoms with Crippen LogP contribution in [0.3, 0.4) is 0 Å². The van der Waals surface area contributed by atoms with Crippen molar-refractivity contribution in [2.45, 2.75) is 26.7 Å². The van der Waals surface area contributed by atoms with Gasteiger partial charge in [-0.25, -0.2) is 4.39 Å². The quantitative estimate of drug-likeness (QED) is 0.839. The van der Waals surface area contributed by atoms with Gasteiger partial charge in [0.25, 0.3) is 0 Å². The van der Waals surface area contributed by atoms with Gasteiger partial charge in [0.05, 0.1) is 17.9 Å². The maximum absolute atomic E-state index is 13.2. The van der Waals surface area contributed by atoms with Crippen LogP contribution in [-0.4, -0.2) is 30.4 Å². The number of hydrogen-bond donors (Lipinski definition) is 2. The van der Waals surface area contributed by atoms with Crippen LogP contribution in [0.5, 0.6) is 0 Å². The molecule has 5 heteroatoms.